The van der Waals surface area contributed by atoms with Crippen molar-refractivity contribution in [3.63, 3.8) is 0 Å². The number of allylic oxidation sites excluding steroid dienone is 4. The lowest BCUT2D eigenvalue weighted by molar-refractivity contribution is -0.255. The normalized spacial score (nSPS) is 45.9. The maximum atomic E-state index is 15.9. The fourth-order valence-corrected chi connectivity index (χ4v) is 16.7. The molecule has 10 aliphatic rings. The van der Waals surface area contributed by atoms with Gasteiger partial charge in [-0.3, -0.25) is 4.79 Å². The van der Waals surface area contributed by atoms with E-state index in [-0.39, 0.29) is 74.9 Å². The van der Waals surface area contributed by atoms with Crippen molar-refractivity contribution in [1.29, 1.82) is 0 Å². The van der Waals surface area contributed by atoms with Crippen molar-refractivity contribution in [2.24, 2.45) is 51.6 Å². The van der Waals surface area contributed by atoms with Crippen LogP contribution in [0.25, 0.3) is 0 Å². The van der Waals surface area contributed by atoms with Crippen molar-refractivity contribution >= 4 is 5.78 Å². The van der Waals surface area contributed by atoms with Crippen LogP contribution in [0.3, 0.4) is 0 Å². The average molecular weight is 904 g/mol. The number of fused-ring (bicyclic) bond motifs is 7. The van der Waals surface area contributed by atoms with Gasteiger partial charge in [-0.15, -0.1) is 11.8 Å². The number of aliphatic hydroxyl groups excluding tert-OH is 4. The zero-order chi connectivity index (χ0) is 46.2. The molecule has 2 aliphatic heterocycles. The quantitative estimate of drug-likeness (QED) is 0.112. The maximum Gasteiger partial charge on any atom is 0.186 e. The Kier molecular flexibility index (Phi) is 13.1. The predicted octanol–water partition coefficient (Wildman–Crippen LogP) is 4.91. The summed E-state index contributed by atoms with van der Waals surface area (Å²) < 4.78 is 7.11. The summed E-state index contributed by atoms with van der Waals surface area (Å²) >= 11 is 0. The molecule has 12 nitrogen and oxygen atoms in total. The van der Waals surface area contributed by atoms with Gasteiger partial charge in [0.15, 0.2) is 5.78 Å². The summed E-state index contributed by atoms with van der Waals surface area (Å²) in [6, 6.07) is 0. The van der Waals surface area contributed by atoms with Crippen molar-refractivity contribution in [1.82, 2.24) is 10.6 Å². The topological polar surface area (TPSA) is 218 Å². The predicted molar refractivity (Wildman–Crippen MR) is 247 cm³/mol. The van der Waals surface area contributed by atoms with E-state index in [2.05, 4.69) is 29.4 Å². The summed E-state index contributed by atoms with van der Waals surface area (Å²) in [5.74, 6) is 6.92. The Balaban J connectivity index is 1.15. The van der Waals surface area contributed by atoms with Crippen molar-refractivity contribution in [2.45, 2.75) is 216 Å². The molecule has 0 aromatic heterocycles. The fourth-order valence-electron chi connectivity index (χ4n) is 16.7. The largest absolute Gasteiger partial charge is 0.396 e. The molecule has 2 heterocycles. The number of dihydropyridines is 1. The summed E-state index contributed by atoms with van der Waals surface area (Å²) in [4.78, 5) is 15.9. The molecule has 10 rings (SSSR count). The molecular weight excluding hydrogens is 823 g/mol. The summed E-state index contributed by atoms with van der Waals surface area (Å²) in [7, 11) is 0. The molecule has 17 unspecified atom stereocenters. The highest BCUT2D eigenvalue weighted by atomic mass is 16.5. The third-order valence-corrected chi connectivity index (χ3v) is 19.8. The minimum absolute atomic E-state index is 0.0123. The third kappa shape index (κ3) is 7.37. The number of carbonyl (C=O) groups excluding carboxylic acids is 1. The Bertz CT molecular complexity index is 1970. The van der Waals surface area contributed by atoms with E-state index in [0.29, 0.717) is 68.8 Å². The number of rotatable bonds is 13. The van der Waals surface area contributed by atoms with Gasteiger partial charge in [-0.25, -0.2) is 0 Å². The van der Waals surface area contributed by atoms with Gasteiger partial charge in [-0.05, 0) is 156 Å². The lowest BCUT2D eigenvalue weighted by Crippen LogP contribution is -2.71. The highest BCUT2D eigenvalue weighted by Gasteiger charge is 2.77. The number of aliphatic hydroxyl groups is 7. The molecule has 0 amide bonds. The number of Topliss-reactive ketones (excluding diaryl/α,β-unsaturated/α-hetero) is 1. The van der Waals surface area contributed by atoms with Crippen molar-refractivity contribution in [2.75, 3.05) is 13.2 Å². The van der Waals surface area contributed by atoms with Crippen LogP contribution in [0.1, 0.15) is 162 Å². The fraction of sp³-hybridized carbons (Fsp3) is 0.830. The Labute approximate surface area is 387 Å². The number of nitrogens with one attached hydrogen (secondary N) is 2. The van der Waals surface area contributed by atoms with Crippen LogP contribution in [0.15, 0.2) is 34.7 Å². The molecule has 8 aliphatic carbocycles. The Morgan fingerprint density at radius 3 is 2.52 bits per heavy atom. The van der Waals surface area contributed by atoms with Gasteiger partial charge in [0.2, 0.25) is 0 Å². The van der Waals surface area contributed by atoms with E-state index in [0.717, 1.165) is 49.8 Å². The lowest BCUT2D eigenvalue weighted by Gasteiger charge is -2.67. The van der Waals surface area contributed by atoms with Crippen LogP contribution in [0.5, 0.6) is 0 Å². The summed E-state index contributed by atoms with van der Waals surface area (Å²) in [5, 5.41) is 91.9. The van der Waals surface area contributed by atoms with Crippen molar-refractivity contribution < 1.29 is 45.3 Å². The van der Waals surface area contributed by atoms with E-state index < -0.39 is 69.3 Å². The number of ketones is 1. The summed E-state index contributed by atoms with van der Waals surface area (Å²) in [6.07, 6.45) is 14.3. The van der Waals surface area contributed by atoms with Crippen LogP contribution in [-0.4, -0.2) is 108 Å². The second-order valence-corrected chi connectivity index (χ2v) is 22.9. The highest BCUT2D eigenvalue weighted by molar-refractivity contribution is 6.03. The van der Waals surface area contributed by atoms with Crippen LogP contribution in [0, 0.1) is 57.7 Å². The van der Waals surface area contributed by atoms with Gasteiger partial charge in [-0.2, -0.15) is 0 Å². The van der Waals surface area contributed by atoms with Crippen molar-refractivity contribution in [3.05, 3.63) is 34.7 Å². The molecular formula is C53H81N3O9. The molecule has 5 saturated carbocycles. The Morgan fingerprint density at radius 1 is 0.985 bits per heavy atom. The molecule has 11 N–H and O–H groups in total. The smallest absolute Gasteiger partial charge is 0.186 e. The highest BCUT2D eigenvalue weighted by Crippen LogP contribution is 2.75. The van der Waals surface area contributed by atoms with Crippen LogP contribution < -0.4 is 16.4 Å². The van der Waals surface area contributed by atoms with Gasteiger partial charge in [0.05, 0.1) is 59.0 Å². The van der Waals surface area contributed by atoms with E-state index in [1.807, 2.05) is 19.1 Å². The van der Waals surface area contributed by atoms with Crippen LogP contribution in [0.2, 0.25) is 0 Å². The molecule has 0 aromatic rings. The van der Waals surface area contributed by atoms with Gasteiger partial charge < -0.3 is 56.8 Å². The monoisotopic (exact) mass is 904 g/mol. The molecule has 12 heteroatoms. The van der Waals surface area contributed by atoms with E-state index in [4.69, 9.17) is 10.5 Å². The zero-order valence-electron chi connectivity index (χ0n) is 39.5. The zero-order valence-corrected chi connectivity index (χ0v) is 39.5. The molecule has 65 heavy (non-hydrogen) atoms. The molecule has 1 saturated heterocycles. The second kappa shape index (κ2) is 17.9. The molecule has 6 fully saturated rings. The first-order valence-corrected chi connectivity index (χ1v) is 25.9. The minimum Gasteiger partial charge on any atom is -0.396 e. The average Bonchev–Trinajstić information content (AvgIpc) is 3.63. The van der Waals surface area contributed by atoms with Gasteiger partial charge in [0.1, 0.15) is 5.60 Å². The molecule has 2 spiro atoms. The van der Waals surface area contributed by atoms with Crippen LogP contribution in [0.4, 0.5) is 0 Å². The van der Waals surface area contributed by atoms with Crippen LogP contribution >= 0.6 is 0 Å². The SMILES string of the molecule is CCCC1CCC2OC3C(CCCCC3(O)C(C)(O)C3CCC4(O)C5=C(NCC(C)O)C(=O)C67CC#CCC34CCC5C6(CCC3=C(CCCO)NC(N)C=C3)CC(O)C(O)C7)C2CC1. The molecule has 362 valence electrons. The Morgan fingerprint density at radius 2 is 1.75 bits per heavy atom. The number of hydrogen-bond acceptors (Lipinski definition) is 12. The molecule has 17 atom stereocenters. The number of hydrogen-bond donors (Lipinski definition) is 10. The van der Waals surface area contributed by atoms with E-state index in [9.17, 15) is 35.7 Å². The van der Waals surface area contributed by atoms with E-state index in [1.165, 1.54) is 19.3 Å². The minimum atomic E-state index is -1.69. The van der Waals surface area contributed by atoms with Crippen LogP contribution in [-0.2, 0) is 9.53 Å². The Hall–Kier alpha value is -2.31. The molecule has 0 radical (unpaired) electrons. The summed E-state index contributed by atoms with van der Waals surface area (Å²) in [6.45, 7) is 5.83. The second-order valence-electron chi connectivity index (χ2n) is 22.9. The van der Waals surface area contributed by atoms with Gasteiger partial charge in [0.25, 0.3) is 0 Å². The first kappa shape index (κ1) is 47.7. The van der Waals surface area contributed by atoms with Gasteiger partial charge in [-0.1, -0.05) is 45.1 Å². The lowest BCUT2D eigenvalue weighted by atomic mass is 9.37. The molecule has 4 bridgehead atoms. The maximum absolute atomic E-state index is 15.9. The van der Waals surface area contributed by atoms with Crippen molar-refractivity contribution in [3.8, 4) is 11.8 Å². The third-order valence-electron chi connectivity index (χ3n) is 19.8. The first-order valence-electron chi connectivity index (χ1n) is 25.9. The number of ether oxygens (including phenoxy) is 1. The number of nitrogens with two attached hydrogens (primary N) is 1. The standard InChI is InChI=1S/C53H81N3O9/c1-4-10-33-13-16-35-36-11-5-6-24-53(64,47(36)65-41(35)17-14-33)48(3,62)42-21-27-52(63)44-37-20-26-49(42,52)22-7-8-23-51(46(61)45(44)55-31-32(2)58)30-40(60)39(59)29-50(37,51)25-19-34-15-18-43(54)56-38(34)12-9-28-57/h15,18,32-33,35-37,39-43,47,55-60,62-64H,4-6,9-14,16-17,19-31,54H2,1-3H3. The first-order chi connectivity index (χ1) is 31.0. The van der Waals surface area contributed by atoms with Gasteiger partial charge in [0, 0.05) is 43.0 Å². The summed E-state index contributed by atoms with van der Waals surface area (Å²) in [5.41, 5.74) is 1.06. The number of carbonyl (C=O) groups is 1. The van der Waals surface area contributed by atoms with E-state index >= 15 is 4.79 Å². The van der Waals surface area contributed by atoms with Gasteiger partial charge >= 0.3 is 0 Å². The van der Waals surface area contributed by atoms with E-state index in [1.54, 1.807) is 6.92 Å². The molecule has 0 aromatic carbocycles.